The Kier molecular flexibility index (Phi) is 5.62. The summed E-state index contributed by atoms with van der Waals surface area (Å²) < 4.78 is 24.7. The number of rotatable bonds is 6. The first kappa shape index (κ1) is 18.0. The molecule has 0 aliphatic carbocycles. The van der Waals surface area contributed by atoms with Crippen LogP contribution in [-0.4, -0.2) is 20.6 Å². The lowest BCUT2D eigenvalue weighted by Gasteiger charge is -2.15. The van der Waals surface area contributed by atoms with Crippen LogP contribution in [0, 0.1) is 0 Å². The van der Waals surface area contributed by atoms with Gasteiger partial charge in [0.2, 0.25) is 10.0 Å². The van der Waals surface area contributed by atoms with Gasteiger partial charge in [0, 0.05) is 11.3 Å². The third-order valence-corrected chi connectivity index (χ3v) is 4.29. The molecule has 2 aromatic carbocycles. The molecular formula is C18H22N2O3S. The molecule has 24 heavy (non-hydrogen) atoms. The Morgan fingerprint density at radius 3 is 2.12 bits per heavy atom. The van der Waals surface area contributed by atoms with Gasteiger partial charge < -0.3 is 5.32 Å². The molecule has 128 valence electrons. The van der Waals surface area contributed by atoms with Gasteiger partial charge >= 0.3 is 0 Å². The van der Waals surface area contributed by atoms with Crippen LogP contribution in [0.3, 0.4) is 0 Å². The van der Waals surface area contributed by atoms with Gasteiger partial charge in [0.15, 0.2) is 0 Å². The fraction of sp³-hybridized carbons (Fsp3) is 0.278. The summed E-state index contributed by atoms with van der Waals surface area (Å²) >= 11 is 0. The minimum atomic E-state index is -3.32. The zero-order valence-corrected chi connectivity index (χ0v) is 14.9. The summed E-state index contributed by atoms with van der Waals surface area (Å²) in [7, 11) is -3.32. The van der Waals surface area contributed by atoms with Gasteiger partial charge in [0.1, 0.15) is 0 Å². The molecule has 1 atom stereocenters. The predicted molar refractivity (Wildman–Crippen MR) is 96.6 cm³/mol. The first-order valence-electron chi connectivity index (χ1n) is 7.76. The van der Waals surface area contributed by atoms with Crippen LogP contribution in [0.15, 0.2) is 48.5 Å². The fourth-order valence-electron chi connectivity index (χ4n) is 2.31. The molecule has 0 aliphatic rings. The number of hydrogen-bond donors (Lipinski definition) is 2. The molecule has 1 amide bonds. The van der Waals surface area contributed by atoms with E-state index in [-0.39, 0.29) is 11.9 Å². The summed E-state index contributed by atoms with van der Waals surface area (Å²) in [6, 6.07) is 14.4. The van der Waals surface area contributed by atoms with E-state index in [4.69, 9.17) is 0 Å². The first-order valence-corrected chi connectivity index (χ1v) is 9.65. The molecule has 0 saturated carbocycles. The van der Waals surface area contributed by atoms with Crippen molar-refractivity contribution >= 4 is 21.6 Å². The Morgan fingerprint density at radius 1 is 1.04 bits per heavy atom. The predicted octanol–water partition coefficient (Wildman–Crippen LogP) is 3.11. The molecule has 0 aromatic heterocycles. The van der Waals surface area contributed by atoms with Crippen molar-refractivity contribution in [1.29, 1.82) is 0 Å². The van der Waals surface area contributed by atoms with Crippen molar-refractivity contribution in [3.63, 3.8) is 0 Å². The Hall–Kier alpha value is -2.34. The molecule has 0 spiro atoms. The van der Waals surface area contributed by atoms with Gasteiger partial charge in [-0.05, 0) is 48.7 Å². The highest BCUT2D eigenvalue weighted by atomic mass is 32.2. The van der Waals surface area contributed by atoms with Crippen molar-refractivity contribution in [2.75, 3.05) is 11.0 Å². The standard InChI is InChI=1S/C18H22N2O3S/c1-4-14-5-7-15(8-6-14)13(2)19-18(21)16-9-11-17(12-10-16)20-24(3,22)23/h5-13,20H,4H2,1-3H3,(H,19,21). The summed E-state index contributed by atoms with van der Waals surface area (Å²) in [5.41, 5.74) is 3.20. The van der Waals surface area contributed by atoms with Crippen molar-refractivity contribution in [1.82, 2.24) is 5.32 Å². The molecule has 1 unspecified atom stereocenters. The molecule has 0 aliphatic heterocycles. The SMILES string of the molecule is CCc1ccc(C(C)NC(=O)c2ccc(NS(C)(=O)=O)cc2)cc1. The van der Waals surface area contributed by atoms with Gasteiger partial charge in [0.05, 0.1) is 12.3 Å². The molecule has 0 fully saturated rings. The van der Waals surface area contributed by atoms with Crippen LogP contribution in [0.5, 0.6) is 0 Å². The second-order valence-electron chi connectivity index (χ2n) is 5.74. The second kappa shape index (κ2) is 7.49. The number of carbonyl (C=O) groups excluding carboxylic acids is 1. The maximum Gasteiger partial charge on any atom is 0.251 e. The molecule has 2 rings (SSSR count). The van der Waals surface area contributed by atoms with E-state index in [0.29, 0.717) is 11.3 Å². The Bertz CT molecular complexity index is 797. The van der Waals surface area contributed by atoms with Crippen molar-refractivity contribution in [3.8, 4) is 0 Å². The third kappa shape index (κ3) is 5.09. The summed E-state index contributed by atoms with van der Waals surface area (Å²) in [6.07, 6.45) is 2.06. The fourth-order valence-corrected chi connectivity index (χ4v) is 2.87. The van der Waals surface area contributed by atoms with Gasteiger partial charge in [-0.1, -0.05) is 31.2 Å². The van der Waals surface area contributed by atoms with Crippen LogP contribution < -0.4 is 10.0 Å². The van der Waals surface area contributed by atoms with E-state index in [9.17, 15) is 13.2 Å². The molecule has 0 saturated heterocycles. The number of hydrogen-bond acceptors (Lipinski definition) is 3. The molecule has 0 radical (unpaired) electrons. The van der Waals surface area contributed by atoms with Crippen molar-refractivity contribution < 1.29 is 13.2 Å². The Labute approximate surface area is 143 Å². The maximum absolute atomic E-state index is 12.3. The van der Waals surface area contributed by atoms with Gasteiger partial charge in [-0.3, -0.25) is 9.52 Å². The van der Waals surface area contributed by atoms with Crippen LogP contribution in [0.2, 0.25) is 0 Å². The zero-order chi connectivity index (χ0) is 17.7. The highest BCUT2D eigenvalue weighted by Crippen LogP contribution is 2.16. The lowest BCUT2D eigenvalue weighted by molar-refractivity contribution is 0.0940. The van der Waals surface area contributed by atoms with E-state index in [1.54, 1.807) is 24.3 Å². The van der Waals surface area contributed by atoms with Gasteiger partial charge in [-0.25, -0.2) is 8.42 Å². The average Bonchev–Trinajstić information content (AvgIpc) is 2.54. The van der Waals surface area contributed by atoms with E-state index in [1.807, 2.05) is 19.1 Å². The third-order valence-electron chi connectivity index (χ3n) is 3.69. The van der Waals surface area contributed by atoms with Crippen LogP contribution in [-0.2, 0) is 16.4 Å². The molecule has 6 heteroatoms. The Balaban J connectivity index is 2.03. The molecule has 0 heterocycles. The van der Waals surface area contributed by atoms with Crippen LogP contribution >= 0.6 is 0 Å². The monoisotopic (exact) mass is 346 g/mol. The topological polar surface area (TPSA) is 75.3 Å². The second-order valence-corrected chi connectivity index (χ2v) is 7.49. The largest absolute Gasteiger partial charge is 0.346 e. The minimum Gasteiger partial charge on any atom is -0.346 e. The van der Waals surface area contributed by atoms with Crippen LogP contribution in [0.4, 0.5) is 5.69 Å². The van der Waals surface area contributed by atoms with E-state index >= 15 is 0 Å². The van der Waals surface area contributed by atoms with E-state index < -0.39 is 10.0 Å². The minimum absolute atomic E-state index is 0.114. The smallest absolute Gasteiger partial charge is 0.251 e. The summed E-state index contributed by atoms with van der Waals surface area (Å²) in [5.74, 6) is -0.201. The van der Waals surface area contributed by atoms with Gasteiger partial charge in [0.25, 0.3) is 5.91 Å². The van der Waals surface area contributed by atoms with Gasteiger partial charge in [-0.2, -0.15) is 0 Å². The quantitative estimate of drug-likeness (QED) is 0.844. The molecule has 2 N–H and O–H groups in total. The molecular weight excluding hydrogens is 324 g/mol. The van der Waals surface area contributed by atoms with E-state index in [1.165, 1.54) is 5.56 Å². The van der Waals surface area contributed by atoms with Gasteiger partial charge in [-0.15, -0.1) is 0 Å². The number of benzene rings is 2. The van der Waals surface area contributed by atoms with Crippen LogP contribution in [0.1, 0.15) is 41.4 Å². The number of carbonyl (C=O) groups is 1. The summed E-state index contributed by atoms with van der Waals surface area (Å²) in [4.78, 5) is 12.3. The van der Waals surface area contributed by atoms with E-state index in [2.05, 4.69) is 29.1 Å². The lowest BCUT2D eigenvalue weighted by atomic mass is 10.0. The highest BCUT2D eigenvalue weighted by Gasteiger charge is 2.12. The number of amides is 1. The van der Waals surface area contributed by atoms with Crippen molar-refractivity contribution in [2.45, 2.75) is 26.3 Å². The van der Waals surface area contributed by atoms with Crippen molar-refractivity contribution in [3.05, 3.63) is 65.2 Å². The lowest BCUT2D eigenvalue weighted by Crippen LogP contribution is -2.26. The number of sulfonamides is 1. The summed E-state index contributed by atoms with van der Waals surface area (Å²) in [6.45, 7) is 4.03. The number of nitrogens with one attached hydrogen (secondary N) is 2. The van der Waals surface area contributed by atoms with Crippen LogP contribution in [0.25, 0.3) is 0 Å². The average molecular weight is 346 g/mol. The molecule has 5 nitrogen and oxygen atoms in total. The molecule has 0 bridgehead atoms. The Morgan fingerprint density at radius 2 is 1.62 bits per heavy atom. The zero-order valence-electron chi connectivity index (χ0n) is 14.0. The highest BCUT2D eigenvalue weighted by molar-refractivity contribution is 7.92. The summed E-state index contributed by atoms with van der Waals surface area (Å²) in [5, 5.41) is 2.94. The number of aryl methyl sites for hydroxylation is 1. The van der Waals surface area contributed by atoms with E-state index in [0.717, 1.165) is 18.2 Å². The van der Waals surface area contributed by atoms with Crippen molar-refractivity contribution in [2.24, 2.45) is 0 Å². The first-order chi connectivity index (χ1) is 11.3. The number of anilines is 1. The molecule has 2 aromatic rings. The maximum atomic E-state index is 12.3. The normalized spacial score (nSPS) is 12.5.